The number of methoxy groups -OCH3 is 2. The lowest BCUT2D eigenvalue weighted by molar-refractivity contribution is -0.301. The van der Waals surface area contributed by atoms with Gasteiger partial charge in [-0.25, -0.2) is 0 Å². The lowest BCUT2D eigenvalue weighted by Gasteiger charge is -2.41. The lowest BCUT2D eigenvalue weighted by Crippen LogP contribution is -2.44. The fourth-order valence-electron chi connectivity index (χ4n) is 4.09. The zero-order chi connectivity index (χ0) is 21.7. The van der Waals surface area contributed by atoms with Crippen molar-refractivity contribution < 1.29 is 29.2 Å². The molecule has 0 saturated carbocycles. The van der Waals surface area contributed by atoms with Gasteiger partial charge in [-0.3, -0.25) is 0 Å². The van der Waals surface area contributed by atoms with E-state index in [2.05, 4.69) is 0 Å². The molecule has 2 unspecified atom stereocenters. The molecule has 3 rings (SSSR count). The first kappa shape index (κ1) is 22.2. The number of aryl methyl sites for hydroxylation is 1. The van der Waals surface area contributed by atoms with Gasteiger partial charge in [-0.2, -0.15) is 0 Å². The van der Waals surface area contributed by atoms with Gasteiger partial charge in [0.2, 0.25) is 0 Å². The summed E-state index contributed by atoms with van der Waals surface area (Å²) in [6.07, 6.45) is 4.22. The van der Waals surface area contributed by atoms with Gasteiger partial charge in [0.05, 0.1) is 26.4 Å². The third-order valence-electron chi connectivity index (χ3n) is 5.43. The highest BCUT2D eigenvalue weighted by molar-refractivity contribution is 5.50. The molecule has 2 aromatic rings. The highest BCUT2D eigenvalue weighted by Gasteiger charge is 2.35. The van der Waals surface area contributed by atoms with E-state index in [4.69, 9.17) is 18.9 Å². The number of hydrogen-bond donors (Lipinski definition) is 2. The van der Waals surface area contributed by atoms with Crippen molar-refractivity contribution in [1.82, 2.24) is 0 Å². The van der Waals surface area contributed by atoms with Gasteiger partial charge in [0.15, 0.2) is 5.79 Å². The Kier molecular flexibility index (Phi) is 7.10. The summed E-state index contributed by atoms with van der Waals surface area (Å²) in [7, 11) is 3.18. The number of benzene rings is 2. The number of phenolic OH excluding ortho intramolecular Hbond substituents is 2. The molecule has 0 bridgehead atoms. The fraction of sp³-hybridized carbons (Fsp3) is 0.500. The monoisotopic (exact) mass is 416 g/mol. The summed E-state index contributed by atoms with van der Waals surface area (Å²) in [5.74, 6) is 0.975. The van der Waals surface area contributed by atoms with Crippen molar-refractivity contribution in [2.75, 3.05) is 14.2 Å². The maximum atomic E-state index is 9.85. The van der Waals surface area contributed by atoms with Crippen molar-refractivity contribution in [1.29, 1.82) is 0 Å². The Balaban J connectivity index is 1.64. The molecule has 0 radical (unpaired) electrons. The minimum absolute atomic E-state index is 0.0433. The van der Waals surface area contributed by atoms with Crippen molar-refractivity contribution in [3.8, 4) is 23.0 Å². The summed E-state index contributed by atoms with van der Waals surface area (Å²) >= 11 is 0. The molecule has 1 heterocycles. The first-order valence-electron chi connectivity index (χ1n) is 10.4. The average molecular weight is 417 g/mol. The highest BCUT2D eigenvalue weighted by atomic mass is 16.7. The van der Waals surface area contributed by atoms with E-state index in [9.17, 15) is 10.2 Å². The number of phenols is 2. The zero-order valence-electron chi connectivity index (χ0n) is 18.2. The summed E-state index contributed by atoms with van der Waals surface area (Å²) in [4.78, 5) is 0. The highest BCUT2D eigenvalue weighted by Crippen LogP contribution is 2.37. The van der Waals surface area contributed by atoms with Gasteiger partial charge in [-0.05, 0) is 57.2 Å². The fourth-order valence-corrected chi connectivity index (χ4v) is 4.09. The van der Waals surface area contributed by atoms with Gasteiger partial charge >= 0.3 is 0 Å². The van der Waals surface area contributed by atoms with E-state index in [0.29, 0.717) is 17.9 Å². The predicted octanol–water partition coefficient (Wildman–Crippen LogP) is 4.59. The topological polar surface area (TPSA) is 77.4 Å². The van der Waals surface area contributed by atoms with Crippen LogP contribution >= 0.6 is 0 Å². The van der Waals surface area contributed by atoms with E-state index >= 15 is 0 Å². The quantitative estimate of drug-likeness (QED) is 0.655. The van der Waals surface area contributed by atoms with Crippen LogP contribution in [0.4, 0.5) is 0 Å². The van der Waals surface area contributed by atoms with Crippen LogP contribution in [-0.2, 0) is 22.3 Å². The van der Waals surface area contributed by atoms with Gasteiger partial charge in [-0.1, -0.05) is 12.1 Å². The minimum Gasteiger partial charge on any atom is -0.508 e. The van der Waals surface area contributed by atoms with E-state index < -0.39 is 5.79 Å². The lowest BCUT2D eigenvalue weighted by atomic mass is 9.96. The molecule has 6 nitrogen and oxygen atoms in total. The van der Waals surface area contributed by atoms with Crippen molar-refractivity contribution in [2.24, 2.45) is 0 Å². The molecule has 0 amide bonds. The largest absolute Gasteiger partial charge is 0.508 e. The van der Waals surface area contributed by atoms with Gasteiger partial charge < -0.3 is 29.2 Å². The molecule has 2 atom stereocenters. The minimum atomic E-state index is -0.647. The number of ether oxygens (including phenoxy) is 4. The Labute approximate surface area is 178 Å². The van der Waals surface area contributed by atoms with Crippen LogP contribution in [0.1, 0.15) is 44.2 Å². The number of rotatable bonds is 8. The van der Waals surface area contributed by atoms with Crippen LogP contribution < -0.4 is 9.47 Å². The predicted molar refractivity (Wildman–Crippen MR) is 114 cm³/mol. The van der Waals surface area contributed by atoms with Crippen molar-refractivity contribution in [3.63, 3.8) is 0 Å². The van der Waals surface area contributed by atoms with E-state index in [1.807, 2.05) is 26.0 Å². The summed E-state index contributed by atoms with van der Waals surface area (Å²) in [6, 6.07) is 10.5. The van der Waals surface area contributed by atoms with Gasteiger partial charge in [0.1, 0.15) is 23.0 Å². The standard InChI is InChI=1S/C24H32O6/c1-24(2)29-19(10-7-16-5-8-17(25)9-6-16)15-20(30-24)11-12-21-22(27-3)13-18(26)14-23(21)28-4/h5-6,8-9,13-14,19-20,25-26H,7,10-12,15H2,1-4H3. The summed E-state index contributed by atoms with van der Waals surface area (Å²) in [6.45, 7) is 3.91. The molecule has 2 N–H and O–H groups in total. The van der Waals surface area contributed by atoms with E-state index in [-0.39, 0.29) is 23.7 Å². The van der Waals surface area contributed by atoms with Crippen molar-refractivity contribution in [3.05, 3.63) is 47.5 Å². The first-order chi connectivity index (χ1) is 14.3. The molecule has 0 spiro atoms. The SMILES string of the molecule is COc1cc(O)cc(OC)c1CCC1CC(CCc2ccc(O)cc2)OC(C)(C)O1. The molecular formula is C24H32O6. The summed E-state index contributed by atoms with van der Waals surface area (Å²) < 4.78 is 23.2. The summed E-state index contributed by atoms with van der Waals surface area (Å²) in [5, 5.41) is 19.3. The molecule has 2 aromatic carbocycles. The van der Waals surface area contributed by atoms with Crippen molar-refractivity contribution >= 4 is 0 Å². The van der Waals surface area contributed by atoms with E-state index in [0.717, 1.165) is 31.2 Å². The maximum Gasteiger partial charge on any atom is 0.163 e. The molecule has 1 aliphatic rings. The second kappa shape index (κ2) is 9.58. The number of hydrogen-bond acceptors (Lipinski definition) is 6. The van der Waals surface area contributed by atoms with Crippen LogP contribution in [0.5, 0.6) is 23.0 Å². The van der Waals surface area contributed by atoms with Crippen LogP contribution in [-0.4, -0.2) is 42.4 Å². The Morgan fingerprint density at radius 2 is 1.40 bits per heavy atom. The van der Waals surface area contributed by atoms with Crippen LogP contribution in [0.25, 0.3) is 0 Å². The normalized spacial score (nSPS) is 20.7. The Morgan fingerprint density at radius 3 is 1.93 bits per heavy atom. The molecule has 30 heavy (non-hydrogen) atoms. The van der Waals surface area contributed by atoms with Gasteiger partial charge in [-0.15, -0.1) is 0 Å². The third kappa shape index (κ3) is 5.80. The Morgan fingerprint density at radius 1 is 0.867 bits per heavy atom. The average Bonchev–Trinajstić information content (AvgIpc) is 2.70. The smallest absolute Gasteiger partial charge is 0.163 e. The van der Waals surface area contributed by atoms with Crippen LogP contribution in [0.2, 0.25) is 0 Å². The van der Waals surface area contributed by atoms with Gasteiger partial charge in [0.25, 0.3) is 0 Å². The Hall–Kier alpha value is -2.44. The van der Waals surface area contributed by atoms with Crippen LogP contribution in [0.15, 0.2) is 36.4 Å². The van der Waals surface area contributed by atoms with Crippen LogP contribution in [0, 0.1) is 0 Å². The second-order valence-electron chi connectivity index (χ2n) is 8.19. The Bertz CT molecular complexity index is 805. The first-order valence-corrected chi connectivity index (χ1v) is 10.4. The molecule has 1 aliphatic heterocycles. The molecule has 1 fully saturated rings. The molecule has 1 saturated heterocycles. The second-order valence-corrected chi connectivity index (χ2v) is 8.19. The molecular weight excluding hydrogens is 384 g/mol. The van der Waals surface area contributed by atoms with E-state index in [1.165, 1.54) is 5.56 Å². The van der Waals surface area contributed by atoms with E-state index in [1.54, 1.807) is 38.5 Å². The molecule has 164 valence electrons. The van der Waals surface area contributed by atoms with Crippen molar-refractivity contribution in [2.45, 2.75) is 63.9 Å². The molecule has 0 aliphatic carbocycles. The van der Waals surface area contributed by atoms with Crippen LogP contribution in [0.3, 0.4) is 0 Å². The molecule has 6 heteroatoms. The zero-order valence-corrected chi connectivity index (χ0v) is 18.2. The third-order valence-corrected chi connectivity index (χ3v) is 5.43. The maximum absolute atomic E-state index is 9.85. The summed E-state index contributed by atoms with van der Waals surface area (Å²) in [5.41, 5.74) is 2.10. The molecule has 0 aromatic heterocycles. The number of aromatic hydroxyl groups is 2. The van der Waals surface area contributed by atoms with Gasteiger partial charge in [0, 0.05) is 24.1 Å².